The molecule has 3 rings (SSSR count). The zero-order chi connectivity index (χ0) is 23.5. The zero-order valence-corrected chi connectivity index (χ0v) is 19.5. The van der Waals surface area contributed by atoms with Gasteiger partial charge in [-0.25, -0.2) is 4.39 Å². The van der Waals surface area contributed by atoms with E-state index in [2.05, 4.69) is 6.92 Å². The van der Waals surface area contributed by atoms with Gasteiger partial charge < -0.3 is 9.47 Å². The van der Waals surface area contributed by atoms with E-state index in [1.807, 2.05) is 25.1 Å². The molecule has 1 aliphatic rings. The Bertz CT molecular complexity index is 1030. The SMILES string of the molecule is COC1CCC(C)(/C(OC(C)=O)=C(\C(C)=O)c2cc(-c3ccc(F)cc3)ccc2C)CC1. The van der Waals surface area contributed by atoms with E-state index in [0.29, 0.717) is 11.3 Å². The lowest BCUT2D eigenvalue weighted by Gasteiger charge is -2.38. The highest BCUT2D eigenvalue weighted by molar-refractivity contribution is 6.21. The van der Waals surface area contributed by atoms with Crippen molar-refractivity contribution >= 4 is 17.3 Å². The molecule has 2 aromatic rings. The maximum Gasteiger partial charge on any atom is 0.307 e. The first-order chi connectivity index (χ1) is 15.1. The molecule has 0 N–H and O–H groups in total. The Labute approximate surface area is 189 Å². The average Bonchev–Trinajstić information content (AvgIpc) is 2.75. The monoisotopic (exact) mass is 438 g/mol. The molecule has 1 saturated carbocycles. The van der Waals surface area contributed by atoms with Crippen LogP contribution in [0.2, 0.25) is 0 Å². The van der Waals surface area contributed by atoms with E-state index >= 15 is 0 Å². The van der Waals surface area contributed by atoms with Gasteiger partial charge in [-0.3, -0.25) is 9.59 Å². The molecule has 170 valence electrons. The predicted octanol–water partition coefficient (Wildman–Crippen LogP) is 6.26. The van der Waals surface area contributed by atoms with E-state index in [1.165, 1.54) is 26.0 Å². The zero-order valence-electron chi connectivity index (χ0n) is 19.5. The number of hydrogen-bond acceptors (Lipinski definition) is 4. The Balaban J connectivity index is 2.18. The molecule has 0 radical (unpaired) electrons. The van der Waals surface area contributed by atoms with Gasteiger partial charge >= 0.3 is 5.97 Å². The summed E-state index contributed by atoms with van der Waals surface area (Å²) < 4.78 is 24.7. The second-order valence-electron chi connectivity index (χ2n) is 8.89. The molecule has 0 aromatic heterocycles. The summed E-state index contributed by atoms with van der Waals surface area (Å²) in [5.41, 5.74) is 3.31. The number of allylic oxidation sites excluding steroid dienone is 2. The minimum atomic E-state index is -0.458. The number of ketones is 1. The lowest BCUT2D eigenvalue weighted by molar-refractivity contribution is -0.139. The first kappa shape index (κ1) is 23.9. The summed E-state index contributed by atoms with van der Waals surface area (Å²) >= 11 is 0. The summed E-state index contributed by atoms with van der Waals surface area (Å²) in [6.07, 6.45) is 3.34. The van der Waals surface area contributed by atoms with Gasteiger partial charge in [0.25, 0.3) is 0 Å². The maximum absolute atomic E-state index is 13.4. The number of aryl methyl sites for hydroxylation is 1. The third-order valence-corrected chi connectivity index (χ3v) is 6.43. The molecule has 0 aliphatic heterocycles. The molecular weight excluding hydrogens is 407 g/mol. The fraction of sp³-hybridized carbons (Fsp3) is 0.407. The van der Waals surface area contributed by atoms with Crippen LogP contribution in [0.15, 0.2) is 48.2 Å². The smallest absolute Gasteiger partial charge is 0.307 e. The number of carbonyl (C=O) groups excluding carboxylic acids is 2. The first-order valence-corrected chi connectivity index (χ1v) is 11.0. The van der Waals surface area contributed by atoms with Gasteiger partial charge in [-0.1, -0.05) is 31.2 Å². The minimum Gasteiger partial charge on any atom is -0.430 e. The predicted molar refractivity (Wildman–Crippen MR) is 123 cm³/mol. The van der Waals surface area contributed by atoms with Gasteiger partial charge in [0, 0.05) is 19.4 Å². The van der Waals surface area contributed by atoms with Crippen molar-refractivity contribution in [2.24, 2.45) is 5.41 Å². The van der Waals surface area contributed by atoms with Crippen LogP contribution in [0.25, 0.3) is 16.7 Å². The van der Waals surface area contributed by atoms with Crippen LogP contribution >= 0.6 is 0 Å². The second-order valence-corrected chi connectivity index (χ2v) is 8.89. The summed E-state index contributed by atoms with van der Waals surface area (Å²) in [7, 11) is 1.71. The molecule has 0 saturated heterocycles. The van der Waals surface area contributed by atoms with Crippen molar-refractivity contribution in [3.05, 3.63) is 65.2 Å². The molecule has 0 spiro atoms. The van der Waals surface area contributed by atoms with Crippen LogP contribution in [-0.4, -0.2) is 25.0 Å². The number of benzene rings is 2. The molecule has 5 heteroatoms. The lowest BCUT2D eigenvalue weighted by Crippen LogP contribution is -2.32. The molecule has 0 amide bonds. The van der Waals surface area contributed by atoms with E-state index in [9.17, 15) is 14.0 Å². The number of esters is 1. The van der Waals surface area contributed by atoms with E-state index in [4.69, 9.17) is 9.47 Å². The summed E-state index contributed by atoms with van der Waals surface area (Å²) in [4.78, 5) is 25.1. The molecule has 1 aliphatic carbocycles. The summed E-state index contributed by atoms with van der Waals surface area (Å²) in [6, 6.07) is 12.1. The number of ether oxygens (including phenoxy) is 2. The largest absolute Gasteiger partial charge is 0.430 e. The number of carbonyl (C=O) groups is 2. The average molecular weight is 439 g/mol. The van der Waals surface area contributed by atoms with E-state index in [1.54, 1.807) is 19.2 Å². The van der Waals surface area contributed by atoms with Crippen molar-refractivity contribution in [1.82, 2.24) is 0 Å². The van der Waals surface area contributed by atoms with E-state index in [0.717, 1.165) is 47.9 Å². The second kappa shape index (κ2) is 9.78. The van der Waals surface area contributed by atoms with Crippen molar-refractivity contribution in [3.8, 4) is 11.1 Å². The maximum atomic E-state index is 13.4. The highest BCUT2D eigenvalue weighted by Crippen LogP contribution is 2.46. The number of hydrogen-bond donors (Lipinski definition) is 0. The Morgan fingerprint density at radius 3 is 2.12 bits per heavy atom. The minimum absolute atomic E-state index is 0.157. The highest BCUT2D eigenvalue weighted by Gasteiger charge is 2.39. The molecule has 0 bridgehead atoms. The third-order valence-electron chi connectivity index (χ3n) is 6.43. The van der Waals surface area contributed by atoms with Gasteiger partial charge in [-0.05, 0) is 80.0 Å². The molecule has 0 atom stereocenters. The van der Waals surface area contributed by atoms with Crippen molar-refractivity contribution in [3.63, 3.8) is 0 Å². The topological polar surface area (TPSA) is 52.6 Å². The van der Waals surface area contributed by atoms with Gasteiger partial charge in [0.1, 0.15) is 11.6 Å². The molecule has 4 nitrogen and oxygen atoms in total. The van der Waals surface area contributed by atoms with Gasteiger partial charge in [0.05, 0.1) is 11.7 Å². The number of methoxy groups -OCH3 is 1. The normalized spacial score (nSPS) is 21.6. The van der Waals surface area contributed by atoms with Gasteiger partial charge in [-0.2, -0.15) is 0 Å². The van der Waals surface area contributed by atoms with Crippen molar-refractivity contribution in [2.75, 3.05) is 7.11 Å². The molecule has 0 unspecified atom stereocenters. The Kier molecular flexibility index (Phi) is 7.29. The van der Waals surface area contributed by atoms with Gasteiger partial charge in [-0.15, -0.1) is 0 Å². The first-order valence-electron chi connectivity index (χ1n) is 11.0. The molecule has 32 heavy (non-hydrogen) atoms. The summed E-state index contributed by atoms with van der Waals surface area (Å²) in [5.74, 6) is -0.467. The Morgan fingerprint density at radius 1 is 1.00 bits per heavy atom. The molecule has 0 heterocycles. The summed E-state index contributed by atoms with van der Waals surface area (Å²) in [6.45, 7) is 6.86. The van der Waals surface area contributed by atoms with Crippen LogP contribution in [0.1, 0.15) is 57.6 Å². The molecule has 2 aromatic carbocycles. The van der Waals surface area contributed by atoms with Crippen LogP contribution in [0.3, 0.4) is 0 Å². The Morgan fingerprint density at radius 2 is 1.59 bits per heavy atom. The van der Waals surface area contributed by atoms with Gasteiger partial charge in [0.15, 0.2) is 5.78 Å². The standard InChI is InChI=1S/C27H31FO4/c1-17-6-7-21(20-8-10-22(28)11-9-20)16-24(17)25(18(2)29)26(32-19(3)30)27(4)14-12-23(31-5)13-15-27/h6-11,16,23H,12-15H2,1-5H3/b26-25-. The highest BCUT2D eigenvalue weighted by atomic mass is 19.1. The number of halogens is 1. The van der Waals surface area contributed by atoms with Crippen molar-refractivity contribution in [1.29, 1.82) is 0 Å². The summed E-state index contributed by atoms with van der Waals surface area (Å²) in [5, 5.41) is 0. The number of Topliss-reactive ketones (excluding diaryl/α,β-unsaturated/α-hetero) is 1. The third kappa shape index (κ3) is 5.16. The van der Waals surface area contributed by atoms with Crippen LogP contribution < -0.4 is 0 Å². The van der Waals surface area contributed by atoms with Crippen molar-refractivity contribution < 1.29 is 23.5 Å². The van der Waals surface area contributed by atoms with Crippen LogP contribution in [0.5, 0.6) is 0 Å². The van der Waals surface area contributed by atoms with Crippen molar-refractivity contribution in [2.45, 2.75) is 59.5 Å². The van der Waals surface area contributed by atoms with Crippen LogP contribution in [-0.2, 0) is 19.1 Å². The number of rotatable bonds is 6. The van der Waals surface area contributed by atoms with E-state index in [-0.39, 0.29) is 17.7 Å². The van der Waals surface area contributed by atoms with Crippen LogP contribution in [0.4, 0.5) is 4.39 Å². The quantitative estimate of drug-likeness (QED) is 0.303. The van der Waals surface area contributed by atoms with Crippen LogP contribution in [0, 0.1) is 18.2 Å². The van der Waals surface area contributed by atoms with Gasteiger partial charge in [0.2, 0.25) is 0 Å². The fourth-order valence-corrected chi connectivity index (χ4v) is 4.50. The molecule has 1 fully saturated rings. The van der Waals surface area contributed by atoms with E-state index < -0.39 is 11.4 Å². The fourth-order valence-electron chi connectivity index (χ4n) is 4.50. The molecular formula is C27H31FO4. The Hall–Kier alpha value is -2.79. The lowest BCUT2D eigenvalue weighted by atomic mass is 9.71.